The summed E-state index contributed by atoms with van der Waals surface area (Å²) in [5.74, 6) is -0.745. The van der Waals surface area contributed by atoms with Gasteiger partial charge < -0.3 is 18.9 Å². The topological polar surface area (TPSA) is 78.8 Å². The second-order valence-electron chi connectivity index (χ2n) is 11.6. The summed E-state index contributed by atoms with van der Waals surface area (Å²) in [5.41, 5.74) is 0.723. The Bertz CT molecular complexity index is 1610. The molecule has 8 nitrogen and oxygen atoms in total. The van der Waals surface area contributed by atoms with Gasteiger partial charge in [-0.3, -0.25) is 9.88 Å². The average Bonchev–Trinajstić information content (AvgIpc) is 3.40. The lowest BCUT2D eigenvalue weighted by molar-refractivity contribution is -0.153. The van der Waals surface area contributed by atoms with Gasteiger partial charge in [0.25, 0.3) is 0 Å². The summed E-state index contributed by atoms with van der Waals surface area (Å²) in [4.78, 5) is 14.7. The summed E-state index contributed by atoms with van der Waals surface area (Å²) in [6, 6.07) is 2.86. The lowest BCUT2D eigenvalue weighted by Gasteiger charge is -2.30. The van der Waals surface area contributed by atoms with Gasteiger partial charge in [-0.1, -0.05) is 18.5 Å². The number of benzene rings is 1. The first-order valence-electron chi connectivity index (χ1n) is 14.2. The number of methoxy groups -OCH3 is 1. The van der Waals surface area contributed by atoms with Crippen LogP contribution in [0, 0.1) is 11.7 Å². The van der Waals surface area contributed by atoms with Crippen LogP contribution in [0.4, 0.5) is 22.0 Å². The number of ether oxygens (including phenoxy) is 4. The molecule has 0 unspecified atom stereocenters. The van der Waals surface area contributed by atoms with Crippen molar-refractivity contribution in [1.29, 1.82) is 0 Å². The van der Waals surface area contributed by atoms with Gasteiger partial charge in [0.15, 0.2) is 19.2 Å². The smallest absolute Gasteiger partial charge is 0.422 e. The van der Waals surface area contributed by atoms with Gasteiger partial charge in [-0.05, 0) is 67.3 Å². The van der Waals surface area contributed by atoms with E-state index >= 15 is 4.39 Å². The van der Waals surface area contributed by atoms with Crippen LogP contribution in [0.5, 0.6) is 17.6 Å². The molecule has 0 N–H and O–H groups in total. The maximum absolute atomic E-state index is 16.5. The minimum absolute atomic E-state index is 0.0341. The Morgan fingerprint density at radius 1 is 1.18 bits per heavy atom. The van der Waals surface area contributed by atoms with Crippen LogP contribution in [-0.4, -0.2) is 71.8 Å². The molecule has 14 heteroatoms. The summed E-state index contributed by atoms with van der Waals surface area (Å²) in [6.07, 6.45) is -0.0350. The monoisotopic (exact) mass is 640 g/mol. The predicted octanol–water partition coefficient (Wildman–Crippen LogP) is 7.00. The third-order valence-corrected chi connectivity index (χ3v) is 8.81. The third-order valence-electron chi connectivity index (χ3n) is 8.50. The quantitative estimate of drug-likeness (QED) is 0.173. The number of nitrogens with zero attached hydrogens (tertiary/aromatic N) is 4. The second kappa shape index (κ2) is 11.9. The molecule has 0 radical (unpaired) electrons. The molecule has 3 aliphatic rings. The lowest BCUT2D eigenvalue weighted by atomic mass is 9.94. The van der Waals surface area contributed by atoms with Crippen molar-refractivity contribution >= 4 is 22.5 Å². The van der Waals surface area contributed by atoms with E-state index in [0.29, 0.717) is 52.7 Å². The van der Waals surface area contributed by atoms with Gasteiger partial charge in [-0.2, -0.15) is 23.1 Å². The number of aromatic nitrogens is 3. The Kier molecular flexibility index (Phi) is 8.31. The molecule has 2 aliphatic heterocycles. The molecule has 3 aromatic rings. The van der Waals surface area contributed by atoms with Crippen LogP contribution in [0.1, 0.15) is 44.1 Å². The van der Waals surface area contributed by atoms with Crippen LogP contribution >= 0.6 is 11.6 Å². The van der Waals surface area contributed by atoms with Crippen LogP contribution < -0.4 is 14.2 Å². The highest BCUT2D eigenvalue weighted by atomic mass is 35.5. The molecule has 0 bridgehead atoms. The molecule has 2 saturated heterocycles. The van der Waals surface area contributed by atoms with E-state index in [9.17, 15) is 17.6 Å². The van der Waals surface area contributed by atoms with Crippen molar-refractivity contribution in [2.24, 2.45) is 5.92 Å². The highest BCUT2D eigenvalue weighted by molar-refractivity contribution is 6.32. The molecule has 3 atom stereocenters. The number of pyridine rings is 1. The molecule has 0 amide bonds. The molecule has 44 heavy (non-hydrogen) atoms. The van der Waals surface area contributed by atoms with Crippen molar-refractivity contribution < 1.29 is 40.9 Å². The van der Waals surface area contributed by atoms with E-state index in [1.54, 1.807) is 12.1 Å². The summed E-state index contributed by atoms with van der Waals surface area (Å²) in [6.45, 7) is 1.56. The lowest BCUT2D eigenvalue weighted by Crippen LogP contribution is -2.43. The Labute approximate surface area is 255 Å². The fraction of sp³-hybridized carbons (Fsp3) is 0.500. The fourth-order valence-corrected chi connectivity index (χ4v) is 6.62. The fourth-order valence-electron chi connectivity index (χ4n) is 6.28. The van der Waals surface area contributed by atoms with E-state index in [4.69, 9.17) is 30.5 Å². The van der Waals surface area contributed by atoms with E-state index in [1.807, 2.05) is 6.92 Å². The second-order valence-corrected chi connectivity index (χ2v) is 12.0. The standard InChI is InChI=1S/C30H30ClF5N4O4/c1-16-6-19(16)23-20(7-18(8-22(23)31)44-15-41-2)25-24(33)26-21(11-37-25)27(42-14-30(34,35)36)39-28(38-26)43-13-29-4-3-5-40(29)12-17(9-29)10-32/h7-8,10-11,16,19H,3-6,9,12-15H2,1-2H3/b17-10-/t16-,19+,29+/m1/s1. The first kappa shape index (κ1) is 30.7. The predicted molar refractivity (Wildman–Crippen MR) is 151 cm³/mol. The van der Waals surface area contributed by atoms with Crippen LogP contribution in [0.3, 0.4) is 0 Å². The van der Waals surface area contributed by atoms with E-state index in [0.717, 1.165) is 25.8 Å². The van der Waals surface area contributed by atoms with Crippen molar-refractivity contribution in [2.75, 3.05) is 40.2 Å². The Morgan fingerprint density at radius 2 is 1.98 bits per heavy atom. The van der Waals surface area contributed by atoms with E-state index in [1.165, 1.54) is 13.3 Å². The van der Waals surface area contributed by atoms with Gasteiger partial charge >= 0.3 is 12.2 Å². The average molecular weight is 641 g/mol. The Morgan fingerprint density at radius 3 is 2.68 bits per heavy atom. The molecule has 0 spiro atoms. The van der Waals surface area contributed by atoms with Crippen molar-refractivity contribution in [3.8, 4) is 28.9 Å². The minimum Gasteiger partial charge on any atom is -0.467 e. The molecule has 3 fully saturated rings. The summed E-state index contributed by atoms with van der Waals surface area (Å²) < 4.78 is 90.7. The van der Waals surface area contributed by atoms with Crippen molar-refractivity contribution in [3.63, 3.8) is 0 Å². The summed E-state index contributed by atoms with van der Waals surface area (Å²) >= 11 is 6.66. The molecule has 236 valence electrons. The van der Waals surface area contributed by atoms with Gasteiger partial charge in [-0.25, -0.2) is 8.78 Å². The SMILES string of the molecule is COCOc1cc(Cl)c([C@H]2C[C@H]2C)c(-c2ncc3c(OCC(F)(F)F)nc(OC[C@@]45CCCN4C/C(=C\F)C5)nc3c2F)c1. The normalized spacial score (nSPS) is 24.2. The molecule has 1 aliphatic carbocycles. The van der Waals surface area contributed by atoms with Crippen LogP contribution in [0.2, 0.25) is 5.02 Å². The van der Waals surface area contributed by atoms with Crippen molar-refractivity contribution in [1.82, 2.24) is 19.9 Å². The van der Waals surface area contributed by atoms with Gasteiger partial charge in [-0.15, -0.1) is 0 Å². The van der Waals surface area contributed by atoms with Crippen LogP contribution in [-0.2, 0) is 4.74 Å². The molecule has 2 aromatic heterocycles. The van der Waals surface area contributed by atoms with Gasteiger partial charge in [0, 0.05) is 30.4 Å². The van der Waals surface area contributed by atoms with E-state index < -0.39 is 30.0 Å². The molecule has 4 heterocycles. The number of rotatable bonds is 10. The summed E-state index contributed by atoms with van der Waals surface area (Å²) in [5, 5.41) is 0.204. The Hall–Kier alpha value is -3.29. The first-order chi connectivity index (χ1) is 21.0. The molecular weight excluding hydrogens is 611 g/mol. The van der Waals surface area contributed by atoms with Crippen molar-refractivity contribution in [2.45, 2.75) is 50.2 Å². The zero-order chi connectivity index (χ0) is 31.2. The summed E-state index contributed by atoms with van der Waals surface area (Å²) in [7, 11) is 1.46. The highest BCUT2D eigenvalue weighted by Crippen LogP contribution is 2.53. The van der Waals surface area contributed by atoms with Crippen LogP contribution in [0.15, 0.2) is 30.2 Å². The molecule has 6 rings (SSSR count). The Balaban J connectivity index is 1.43. The number of hydrogen-bond donors (Lipinski definition) is 0. The largest absolute Gasteiger partial charge is 0.467 e. The zero-order valence-corrected chi connectivity index (χ0v) is 24.8. The maximum atomic E-state index is 16.5. The van der Waals surface area contributed by atoms with E-state index in [2.05, 4.69) is 19.9 Å². The number of alkyl halides is 3. The number of fused-ring (bicyclic) bond motifs is 2. The van der Waals surface area contributed by atoms with Gasteiger partial charge in [0.05, 0.1) is 17.3 Å². The van der Waals surface area contributed by atoms with E-state index in [-0.39, 0.29) is 41.9 Å². The van der Waals surface area contributed by atoms with Crippen molar-refractivity contribution in [3.05, 3.63) is 46.6 Å². The zero-order valence-electron chi connectivity index (χ0n) is 24.0. The van der Waals surface area contributed by atoms with Gasteiger partial charge in [0.2, 0.25) is 5.88 Å². The maximum Gasteiger partial charge on any atom is 0.422 e. The molecule has 1 aromatic carbocycles. The molecule has 1 saturated carbocycles. The number of hydrogen-bond acceptors (Lipinski definition) is 8. The van der Waals surface area contributed by atoms with Crippen LogP contribution in [0.25, 0.3) is 22.2 Å². The highest BCUT2D eigenvalue weighted by Gasteiger charge is 2.47. The molecular formula is C30H30ClF5N4O4. The number of halogens is 6. The third kappa shape index (κ3) is 6.01. The minimum atomic E-state index is -4.68. The first-order valence-corrected chi connectivity index (χ1v) is 14.6. The van der Waals surface area contributed by atoms with Gasteiger partial charge in [0.1, 0.15) is 23.6 Å².